The number of aliphatic hydroxyl groups excluding tert-OH is 1. The number of rotatable bonds is 3. The Morgan fingerprint density at radius 1 is 1.16 bits per heavy atom. The summed E-state index contributed by atoms with van der Waals surface area (Å²) in [5.41, 5.74) is 0.788. The van der Waals surface area contributed by atoms with E-state index in [9.17, 15) is 9.90 Å². The van der Waals surface area contributed by atoms with Gasteiger partial charge in [0.05, 0.1) is 12.2 Å². The quantitative estimate of drug-likeness (QED) is 0.850. The highest BCUT2D eigenvalue weighted by Gasteiger charge is 2.34. The van der Waals surface area contributed by atoms with Crippen LogP contribution in [0.2, 0.25) is 0 Å². The van der Waals surface area contributed by atoms with Crippen molar-refractivity contribution < 1.29 is 19.4 Å². The summed E-state index contributed by atoms with van der Waals surface area (Å²) in [6, 6.07) is 9.29. The van der Waals surface area contributed by atoms with Gasteiger partial charge in [-0.3, -0.25) is 0 Å². The topological polar surface area (TPSA) is 55.8 Å². The van der Waals surface area contributed by atoms with E-state index in [2.05, 4.69) is 0 Å². The number of hydrogen-bond donors (Lipinski definition) is 1. The molecule has 102 valence electrons. The minimum Gasteiger partial charge on any atom is -0.456 e. The Morgan fingerprint density at radius 3 is 2.37 bits per heavy atom. The van der Waals surface area contributed by atoms with Crippen LogP contribution in [0.15, 0.2) is 42.2 Å². The molecule has 0 unspecified atom stereocenters. The van der Waals surface area contributed by atoms with Crippen LogP contribution in [0.5, 0.6) is 0 Å². The number of esters is 1. The molecule has 0 amide bonds. The zero-order chi connectivity index (χ0) is 14.0. The zero-order valence-corrected chi connectivity index (χ0v) is 11.3. The molecule has 19 heavy (non-hydrogen) atoms. The second kappa shape index (κ2) is 5.05. The molecule has 1 heterocycles. The lowest BCUT2D eigenvalue weighted by molar-refractivity contribution is -0.209. The smallest absolute Gasteiger partial charge is 0.337 e. The highest BCUT2D eigenvalue weighted by Crippen LogP contribution is 2.33. The minimum absolute atomic E-state index is 0.325. The molecule has 4 heteroatoms. The van der Waals surface area contributed by atoms with Gasteiger partial charge in [0, 0.05) is 19.8 Å². The predicted octanol–water partition coefficient (Wildman–Crippen LogP) is 2.55. The minimum atomic E-state index is -0.994. The van der Waals surface area contributed by atoms with Gasteiger partial charge in [-0.1, -0.05) is 37.3 Å². The van der Waals surface area contributed by atoms with E-state index in [1.165, 1.54) is 6.08 Å². The van der Waals surface area contributed by atoms with Crippen molar-refractivity contribution >= 4 is 5.97 Å². The third kappa shape index (κ3) is 3.15. The summed E-state index contributed by atoms with van der Waals surface area (Å²) in [6.07, 6.45) is 0.566. The van der Waals surface area contributed by atoms with Crippen molar-refractivity contribution in [3.8, 4) is 0 Å². The van der Waals surface area contributed by atoms with Crippen LogP contribution >= 0.6 is 0 Å². The fourth-order valence-electron chi connectivity index (χ4n) is 2.04. The Hall–Kier alpha value is -1.81. The molecule has 0 spiro atoms. The molecule has 1 aromatic carbocycles. The average Bonchev–Trinajstić information content (AvgIpc) is 2.35. The van der Waals surface area contributed by atoms with Crippen molar-refractivity contribution in [2.24, 2.45) is 5.92 Å². The molecule has 0 aliphatic carbocycles. The van der Waals surface area contributed by atoms with E-state index in [-0.39, 0.29) is 5.92 Å². The maximum atomic E-state index is 11.5. The second-order valence-corrected chi connectivity index (χ2v) is 5.11. The summed E-state index contributed by atoms with van der Waals surface area (Å²) < 4.78 is 10.6. The summed E-state index contributed by atoms with van der Waals surface area (Å²) in [4.78, 5) is 11.5. The molecule has 1 aromatic rings. The number of benzene rings is 1. The summed E-state index contributed by atoms with van der Waals surface area (Å²) in [6.45, 7) is 5.15. The molecule has 1 N–H and O–H groups in total. The van der Waals surface area contributed by atoms with Crippen LogP contribution in [-0.2, 0) is 14.3 Å². The van der Waals surface area contributed by atoms with E-state index >= 15 is 0 Å². The summed E-state index contributed by atoms with van der Waals surface area (Å²) >= 11 is 0. The van der Waals surface area contributed by atoms with Gasteiger partial charge >= 0.3 is 5.97 Å². The first-order chi connectivity index (χ1) is 8.89. The standard InChI is InChI=1S/C15H18O4/c1-10(14(17)11-7-5-4-6-8-11)12-9-13(16)19-15(2,3)18-12/h4-10,14,17H,1-3H3/t10-,14+/m0/s1. The molecule has 0 aromatic heterocycles. The van der Waals surface area contributed by atoms with E-state index in [1.54, 1.807) is 13.8 Å². The van der Waals surface area contributed by atoms with Crippen LogP contribution in [0.25, 0.3) is 0 Å². The maximum absolute atomic E-state index is 11.5. The number of carbonyl (C=O) groups excluding carboxylic acids is 1. The lowest BCUT2D eigenvalue weighted by Crippen LogP contribution is -2.36. The SMILES string of the molecule is C[C@@H](C1=CC(=O)OC(C)(C)O1)[C@@H](O)c1ccccc1. The first-order valence-electron chi connectivity index (χ1n) is 6.25. The van der Waals surface area contributed by atoms with Gasteiger partial charge in [0.1, 0.15) is 5.76 Å². The Bertz CT molecular complexity index is 490. The Labute approximate surface area is 112 Å². The van der Waals surface area contributed by atoms with Crippen molar-refractivity contribution in [3.05, 3.63) is 47.7 Å². The lowest BCUT2D eigenvalue weighted by Gasteiger charge is -2.34. The number of cyclic esters (lactones) is 1. The number of aliphatic hydroxyl groups is 1. The van der Waals surface area contributed by atoms with Gasteiger partial charge in [-0.25, -0.2) is 4.79 Å². The molecule has 2 rings (SSSR count). The van der Waals surface area contributed by atoms with Crippen molar-refractivity contribution in [2.45, 2.75) is 32.7 Å². The molecule has 0 fully saturated rings. The molecule has 1 aliphatic heterocycles. The fraction of sp³-hybridized carbons (Fsp3) is 0.400. The molecule has 0 saturated carbocycles. The van der Waals surface area contributed by atoms with E-state index in [1.807, 2.05) is 37.3 Å². The molecular formula is C15H18O4. The molecule has 2 atom stereocenters. The van der Waals surface area contributed by atoms with Crippen molar-refractivity contribution in [2.75, 3.05) is 0 Å². The maximum Gasteiger partial charge on any atom is 0.337 e. The predicted molar refractivity (Wildman–Crippen MR) is 69.9 cm³/mol. The van der Waals surface area contributed by atoms with Gasteiger partial charge in [-0.05, 0) is 5.56 Å². The van der Waals surface area contributed by atoms with Crippen molar-refractivity contribution in [3.63, 3.8) is 0 Å². The third-order valence-electron chi connectivity index (χ3n) is 3.03. The average molecular weight is 262 g/mol. The molecule has 0 radical (unpaired) electrons. The molecular weight excluding hydrogens is 244 g/mol. The van der Waals surface area contributed by atoms with Gasteiger partial charge in [-0.2, -0.15) is 0 Å². The van der Waals surface area contributed by atoms with E-state index in [0.29, 0.717) is 5.76 Å². The zero-order valence-electron chi connectivity index (χ0n) is 11.3. The van der Waals surface area contributed by atoms with Crippen LogP contribution in [0.4, 0.5) is 0 Å². The summed E-state index contributed by atoms with van der Waals surface area (Å²) in [5.74, 6) is -1.32. The number of carbonyl (C=O) groups is 1. The fourth-order valence-corrected chi connectivity index (χ4v) is 2.04. The Balaban J connectivity index is 2.20. The second-order valence-electron chi connectivity index (χ2n) is 5.11. The Kier molecular flexibility index (Phi) is 3.62. The van der Waals surface area contributed by atoms with E-state index < -0.39 is 17.9 Å². The number of hydrogen-bond acceptors (Lipinski definition) is 4. The summed E-state index contributed by atoms with van der Waals surface area (Å²) in [7, 11) is 0. The van der Waals surface area contributed by atoms with Gasteiger partial charge in [0.2, 0.25) is 5.79 Å². The highest BCUT2D eigenvalue weighted by atomic mass is 16.7. The molecule has 4 nitrogen and oxygen atoms in total. The Morgan fingerprint density at radius 2 is 1.79 bits per heavy atom. The molecule has 1 aliphatic rings. The van der Waals surface area contributed by atoms with Gasteiger partial charge in [0.15, 0.2) is 0 Å². The normalized spacial score (nSPS) is 20.8. The van der Waals surface area contributed by atoms with Gasteiger partial charge < -0.3 is 14.6 Å². The van der Waals surface area contributed by atoms with Crippen LogP contribution in [-0.4, -0.2) is 16.9 Å². The molecule has 0 bridgehead atoms. The van der Waals surface area contributed by atoms with Crippen LogP contribution in [0, 0.1) is 5.92 Å². The summed E-state index contributed by atoms with van der Waals surface area (Å²) in [5, 5.41) is 10.3. The first-order valence-corrected chi connectivity index (χ1v) is 6.25. The largest absolute Gasteiger partial charge is 0.456 e. The van der Waals surface area contributed by atoms with E-state index in [4.69, 9.17) is 9.47 Å². The van der Waals surface area contributed by atoms with Crippen LogP contribution in [0.1, 0.15) is 32.4 Å². The third-order valence-corrected chi connectivity index (χ3v) is 3.03. The first kappa shape index (κ1) is 13.6. The van der Waals surface area contributed by atoms with Crippen LogP contribution < -0.4 is 0 Å². The van der Waals surface area contributed by atoms with Crippen molar-refractivity contribution in [1.29, 1.82) is 0 Å². The molecule has 0 saturated heterocycles. The van der Waals surface area contributed by atoms with Gasteiger partial charge in [-0.15, -0.1) is 0 Å². The van der Waals surface area contributed by atoms with E-state index in [0.717, 1.165) is 5.56 Å². The monoisotopic (exact) mass is 262 g/mol. The van der Waals surface area contributed by atoms with Crippen molar-refractivity contribution in [1.82, 2.24) is 0 Å². The van der Waals surface area contributed by atoms with Crippen LogP contribution in [0.3, 0.4) is 0 Å². The number of ether oxygens (including phenoxy) is 2. The van der Waals surface area contributed by atoms with Gasteiger partial charge in [0.25, 0.3) is 0 Å². The lowest BCUT2D eigenvalue weighted by atomic mass is 9.95. The highest BCUT2D eigenvalue weighted by molar-refractivity contribution is 5.83.